The van der Waals surface area contributed by atoms with Crippen molar-refractivity contribution in [2.75, 3.05) is 38.7 Å². The number of methoxy groups -OCH3 is 3. The smallest absolute Gasteiger partial charge is 0.264 e. The molecule has 2 amide bonds. The molecule has 0 saturated heterocycles. The molecule has 0 fully saturated rings. The molecular formula is C34H45N3O7S. The highest BCUT2D eigenvalue weighted by Crippen LogP contribution is 2.33. The molecule has 10 nitrogen and oxygen atoms in total. The third kappa shape index (κ3) is 8.91. The standard InChI is InChI=1S/C34H45N3O7S/c1-8-10-17-35-34(39)30(9-2)36(22-26-11-13-28(42-5)14-12-26)33(38)23-37(27-19-24(3)18-25(4)20-27)45(40,41)29-15-16-31(43-6)32(21-29)44-7/h11-16,18-21,30H,8-10,17,22-23H2,1-7H3,(H,35,39)/t30-/m1/s1. The Balaban J connectivity index is 2.11. The summed E-state index contributed by atoms with van der Waals surface area (Å²) < 4.78 is 45.7. The second kappa shape index (κ2) is 16.2. The van der Waals surface area contributed by atoms with Crippen LogP contribution in [0.15, 0.2) is 65.6 Å². The van der Waals surface area contributed by atoms with Gasteiger partial charge < -0.3 is 24.4 Å². The van der Waals surface area contributed by atoms with Crippen molar-refractivity contribution >= 4 is 27.5 Å². The van der Waals surface area contributed by atoms with Crippen LogP contribution in [0, 0.1) is 13.8 Å². The van der Waals surface area contributed by atoms with Gasteiger partial charge in [-0.3, -0.25) is 13.9 Å². The third-order valence-electron chi connectivity index (χ3n) is 7.44. The van der Waals surface area contributed by atoms with Gasteiger partial charge in [-0.25, -0.2) is 8.42 Å². The van der Waals surface area contributed by atoms with Gasteiger partial charge in [0.25, 0.3) is 10.0 Å². The van der Waals surface area contributed by atoms with Gasteiger partial charge in [0.05, 0.1) is 31.9 Å². The average molecular weight is 640 g/mol. The molecular weight excluding hydrogens is 594 g/mol. The van der Waals surface area contributed by atoms with Crippen LogP contribution in [0.4, 0.5) is 5.69 Å². The van der Waals surface area contributed by atoms with Gasteiger partial charge in [0.15, 0.2) is 11.5 Å². The van der Waals surface area contributed by atoms with Crippen LogP contribution >= 0.6 is 0 Å². The number of nitrogens with zero attached hydrogens (tertiary/aromatic N) is 2. The SMILES string of the molecule is CCCCNC(=O)[C@@H](CC)N(Cc1ccc(OC)cc1)C(=O)CN(c1cc(C)cc(C)c1)S(=O)(=O)c1ccc(OC)c(OC)c1. The van der Waals surface area contributed by atoms with Gasteiger partial charge >= 0.3 is 0 Å². The number of nitrogens with one attached hydrogen (secondary N) is 1. The maximum atomic E-state index is 14.3. The molecule has 3 aromatic rings. The monoisotopic (exact) mass is 639 g/mol. The van der Waals surface area contributed by atoms with E-state index in [2.05, 4.69) is 5.32 Å². The van der Waals surface area contributed by atoms with E-state index < -0.39 is 28.5 Å². The Bertz CT molecular complexity index is 1540. The molecule has 0 aliphatic heterocycles. The van der Waals surface area contributed by atoms with Gasteiger partial charge in [0.1, 0.15) is 18.3 Å². The minimum atomic E-state index is -4.29. The van der Waals surface area contributed by atoms with E-state index in [4.69, 9.17) is 14.2 Å². The number of rotatable bonds is 16. The summed E-state index contributed by atoms with van der Waals surface area (Å²) in [6, 6.07) is 16.1. The highest BCUT2D eigenvalue weighted by molar-refractivity contribution is 7.92. The number of carbonyl (C=O) groups is 2. The van der Waals surface area contributed by atoms with Crippen molar-refractivity contribution in [1.82, 2.24) is 10.2 Å². The molecule has 0 saturated carbocycles. The lowest BCUT2D eigenvalue weighted by Crippen LogP contribution is -2.52. The maximum absolute atomic E-state index is 14.3. The predicted molar refractivity (Wildman–Crippen MR) is 176 cm³/mol. The van der Waals surface area contributed by atoms with Crippen molar-refractivity contribution in [2.24, 2.45) is 0 Å². The molecule has 3 aromatic carbocycles. The van der Waals surface area contributed by atoms with Crippen LogP contribution in [0.25, 0.3) is 0 Å². The van der Waals surface area contributed by atoms with Crippen molar-refractivity contribution in [1.29, 1.82) is 0 Å². The Labute approximate surface area is 267 Å². The molecule has 0 unspecified atom stereocenters. The number of amides is 2. The topological polar surface area (TPSA) is 114 Å². The summed E-state index contributed by atoms with van der Waals surface area (Å²) in [6.07, 6.45) is 2.05. The Kier molecular flexibility index (Phi) is 12.7. The molecule has 0 aromatic heterocycles. The van der Waals surface area contributed by atoms with E-state index in [0.29, 0.717) is 30.2 Å². The number of sulfonamides is 1. The third-order valence-corrected chi connectivity index (χ3v) is 9.21. The van der Waals surface area contributed by atoms with Crippen LogP contribution in [-0.4, -0.2) is 65.6 Å². The molecule has 11 heteroatoms. The van der Waals surface area contributed by atoms with Crippen LogP contribution < -0.4 is 23.8 Å². The van der Waals surface area contributed by atoms with Crippen LogP contribution in [0.2, 0.25) is 0 Å². The first-order chi connectivity index (χ1) is 21.5. The van der Waals surface area contributed by atoms with Gasteiger partial charge in [0.2, 0.25) is 11.8 Å². The van der Waals surface area contributed by atoms with E-state index in [1.54, 1.807) is 31.4 Å². The Morgan fingerprint density at radius 3 is 2.04 bits per heavy atom. The highest BCUT2D eigenvalue weighted by Gasteiger charge is 2.34. The van der Waals surface area contributed by atoms with Gasteiger partial charge in [-0.15, -0.1) is 0 Å². The summed E-state index contributed by atoms with van der Waals surface area (Å²) in [5.41, 5.74) is 2.77. The summed E-state index contributed by atoms with van der Waals surface area (Å²) in [4.78, 5) is 29.1. The van der Waals surface area contributed by atoms with E-state index >= 15 is 0 Å². The van der Waals surface area contributed by atoms with Gasteiger partial charge in [-0.1, -0.05) is 38.5 Å². The van der Waals surface area contributed by atoms with Crippen LogP contribution in [0.1, 0.15) is 49.8 Å². The number of unbranched alkanes of at least 4 members (excludes halogenated alkanes) is 1. The molecule has 1 atom stereocenters. The fraction of sp³-hybridized carbons (Fsp3) is 0.412. The van der Waals surface area contributed by atoms with Crippen molar-refractivity contribution in [3.8, 4) is 17.2 Å². The number of anilines is 1. The zero-order valence-electron chi connectivity index (χ0n) is 27.3. The molecule has 3 rings (SSSR count). The highest BCUT2D eigenvalue weighted by atomic mass is 32.2. The van der Waals surface area contributed by atoms with E-state index in [1.807, 2.05) is 45.9 Å². The first-order valence-corrected chi connectivity index (χ1v) is 16.5. The van der Waals surface area contributed by atoms with E-state index in [0.717, 1.165) is 33.8 Å². The van der Waals surface area contributed by atoms with Crippen molar-refractivity contribution in [3.63, 3.8) is 0 Å². The average Bonchev–Trinajstić information content (AvgIpc) is 3.02. The summed E-state index contributed by atoms with van der Waals surface area (Å²) in [5, 5.41) is 2.94. The van der Waals surface area contributed by atoms with E-state index in [9.17, 15) is 18.0 Å². The quantitative estimate of drug-likeness (QED) is 0.213. The number of hydrogen-bond donors (Lipinski definition) is 1. The maximum Gasteiger partial charge on any atom is 0.264 e. The molecule has 0 aliphatic rings. The van der Waals surface area contributed by atoms with Gasteiger partial charge in [-0.2, -0.15) is 0 Å². The molecule has 45 heavy (non-hydrogen) atoms. The summed E-state index contributed by atoms with van der Waals surface area (Å²) in [7, 11) is 0.164. The summed E-state index contributed by atoms with van der Waals surface area (Å²) in [5.74, 6) is 0.459. The van der Waals surface area contributed by atoms with Crippen molar-refractivity contribution < 1.29 is 32.2 Å². The van der Waals surface area contributed by atoms with Crippen molar-refractivity contribution in [2.45, 2.75) is 64.4 Å². The number of ether oxygens (including phenoxy) is 3. The second-order valence-corrected chi connectivity index (χ2v) is 12.7. The largest absolute Gasteiger partial charge is 0.497 e. The molecule has 0 radical (unpaired) electrons. The molecule has 0 spiro atoms. The number of aryl methyl sites for hydroxylation is 2. The van der Waals surface area contributed by atoms with E-state index in [1.165, 1.54) is 37.3 Å². The Hall–Kier alpha value is -4.25. The second-order valence-electron chi connectivity index (χ2n) is 10.8. The zero-order valence-corrected chi connectivity index (χ0v) is 28.1. The summed E-state index contributed by atoms with van der Waals surface area (Å²) in [6.45, 7) is 7.64. The van der Waals surface area contributed by atoms with E-state index in [-0.39, 0.29) is 23.1 Å². The van der Waals surface area contributed by atoms with Crippen LogP contribution in [-0.2, 0) is 26.2 Å². The van der Waals surface area contributed by atoms with Crippen LogP contribution in [0.3, 0.4) is 0 Å². The van der Waals surface area contributed by atoms with Crippen LogP contribution in [0.5, 0.6) is 17.2 Å². The normalized spacial score (nSPS) is 11.8. The zero-order chi connectivity index (χ0) is 33.1. The van der Waals surface area contributed by atoms with Gasteiger partial charge in [-0.05, 0) is 79.8 Å². The predicted octanol–water partition coefficient (Wildman–Crippen LogP) is 5.25. The molecule has 1 N–H and O–H groups in total. The Morgan fingerprint density at radius 2 is 1.49 bits per heavy atom. The molecule has 244 valence electrons. The lowest BCUT2D eigenvalue weighted by atomic mass is 10.1. The molecule has 0 bridgehead atoms. The van der Waals surface area contributed by atoms with Crippen molar-refractivity contribution in [3.05, 3.63) is 77.4 Å². The lowest BCUT2D eigenvalue weighted by molar-refractivity contribution is -0.140. The number of benzene rings is 3. The molecule has 0 heterocycles. The number of hydrogen-bond acceptors (Lipinski definition) is 7. The fourth-order valence-electron chi connectivity index (χ4n) is 5.08. The first-order valence-electron chi connectivity index (χ1n) is 15.0. The first kappa shape index (κ1) is 35.2. The van der Waals surface area contributed by atoms with Gasteiger partial charge in [0, 0.05) is 19.2 Å². The fourth-order valence-corrected chi connectivity index (χ4v) is 6.49. The minimum Gasteiger partial charge on any atom is -0.497 e. The number of carbonyl (C=O) groups excluding carboxylic acids is 2. The lowest BCUT2D eigenvalue weighted by Gasteiger charge is -2.33. The Morgan fingerprint density at radius 1 is 0.844 bits per heavy atom. The minimum absolute atomic E-state index is 0.0711. The summed E-state index contributed by atoms with van der Waals surface area (Å²) >= 11 is 0. The molecule has 0 aliphatic carbocycles.